The van der Waals surface area contributed by atoms with Gasteiger partial charge >= 0.3 is 0 Å². The molecule has 0 spiro atoms. The lowest BCUT2D eigenvalue weighted by molar-refractivity contribution is 0.670. The molecule has 0 saturated heterocycles. The first-order valence-electron chi connectivity index (χ1n) is 13.8. The zero-order valence-electron chi connectivity index (χ0n) is 22.2. The number of para-hydroxylation sites is 1. The fourth-order valence-corrected chi connectivity index (χ4v) is 5.67. The van der Waals surface area contributed by atoms with Crippen LogP contribution in [0.2, 0.25) is 0 Å². The van der Waals surface area contributed by atoms with Gasteiger partial charge in [-0.2, -0.15) is 0 Å². The van der Waals surface area contributed by atoms with Gasteiger partial charge in [-0.3, -0.25) is 0 Å². The van der Waals surface area contributed by atoms with Gasteiger partial charge in [0.1, 0.15) is 11.2 Å². The van der Waals surface area contributed by atoms with Gasteiger partial charge in [-0.05, 0) is 47.0 Å². The highest BCUT2D eigenvalue weighted by atomic mass is 16.3. The molecule has 0 aliphatic heterocycles. The lowest BCUT2D eigenvalue weighted by Gasteiger charge is -2.09. The SMILES string of the molecule is c1ccc(-c2cc(-c3ccccc3)c3oc4cc(-c5nc(-c6ccccc6)c6ccccc6n5)ccc4c3c2)cc1. The second-order valence-corrected chi connectivity index (χ2v) is 10.2. The average Bonchev–Trinajstić information content (AvgIpc) is 3.43. The van der Waals surface area contributed by atoms with Gasteiger partial charge in [0.05, 0.1) is 11.2 Å². The van der Waals surface area contributed by atoms with E-state index in [0.29, 0.717) is 5.82 Å². The molecule has 0 radical (unpaired) electrons. The second kappa shape index (κ2) is 9.58. The van der Waals surface area contributed by atoms with Crippen molar-refractivity contribution >= 4 is 32.8 Å². The molecule has 0 fully saturated rings. The number of aromatic nitrogens is 2. The van der Waals surface area contributed by atoms with E-state index in [4.69, 9.17) is 14.4 Å². The third-order valence-electron chi connectivity index (χ3n) is 7.67. The van der Waals surface area contributed by atoms with Crippen LogP contribution >= 0.6 is 0 Å². The minimum atomic E-state index is 0.679. The summed E-state index contributed by atoms with van der Waals surface area (Å²) >= 11 is 0. The fraction of sp³-hybridized carbons (Fsp3) is 0. The maximum absolute atomic E-state index is 6.64. The van der Waals surface area contributed by atoms with Crippen LogP contribution in [0.1, 0.15) is 0 Å². The van der Waals surface area contributed by atoms with Gasteiger partial charge in [-0.1, -0.05) is 115 Å². The quantitative estimate of drug-likeness (QED) is 0.230. The highest BCUT2D eigenvalue weighted by Gasteiger charge is 2.17. The topological polar surface area (TPSA) is 38.9 Å². The van der Waals surface area contributed by atoms with Crippen LogP contribution in [0.25, 0.3) is 77.7 Å². The molecule has 0 atom stereocenters. The largest absolute Gasteiger partial charge is 0.455 e. The van der Waals surface area contributed by atoms with Gasteiger partial charge in [-0.15, -0.1) is 0 Å². The Morgan fingerprint density at radius 1 is 0.415 bits per heavy atom. The summed E-state index contributed by atoms with van der Waals surface area (Å²) < 4.78 is 6.64. The number of hydrogen-bond donors (Lipinski definition) is 0. The normalized spacial score (nSPS) is 11.4. The van der Waals surface area contributed by atoms with Crippen molar-refractivity contribution in [3.05, 3.63) is 146 Å². The lowest BCUT2D eigenvalue weighted by atomic mass is 9.95. The second-order valence-electron chi connectivity index (χ2n) is 10.2. The molecule has 2 aromatic heterocycles. The molecule has 3 heteroatoms. The molecule has 8 aromatic rings. The van der Waals surface area contributed by atoms with E-state index in [0.717, 1.165) is 66.4 Å². The van der Waals surface area contributed by atoms with E-state index >= 15 is 0 Å². The summed E-state index contributed by atoms with van der Waals surface area (Å²) in [6.45, 7) is 0. The van der Waals surface area contributed by atoms with Gasteiger partial charge in [0.25, 0.3) is 0 Å². The van der Waals surface area contributed by atoms with Gasteiger partial charge in [0.2, 0.25) is 0 Å². The van der Waals surface area contributed by atoms with Gasteiger partial charge in [0, 0.05) is 32.8 Å². The van der Waals surface area contributed by atoms with Crippen LogP contribution in [-0.2, 0) is 0 Å². The Balaban J connectivity index is 1.35. The van der Waals surface area contributed by atoms with Crippen LogP contribution in [0, 0.1) is 0 Å². The van der Waals surface area contributed by atoms with E-state index in [1.807, 2.05) is 48.5 Å². The Labute approximate surface area is 237 Å². The van der Waals surface area contributed by atoms with Crippen molar-refractivity contribution in [2.45, 2.75) is 0 Å². The minimum absolute atomic E-state index is 0.679. The highest BCUT2D eigenvalue weighted by molar-refractivity contribution is 6.12. The third kappa shape index (κ3) is 4.07. The predicted molar refractivity (Wildman–Crippen MR) is 169 cm³/mol. The molecule has 3 nitrogen and oxygen atoms in total. The Kier molecular flexibility index (Phi) is 5.46. The summed E-state index contributed by atoms with van der Waals surface area (Å²) in [5, 5.41) is 3.20. The molecule has 0 amide bonds. The average molecular weight is 525 g/mol. The summed E-state index contributed by atoms with van der Waals surface area (Å²) in [5.74, 6) is 0.679. The van der Waals surface area contributed by atoms with Crippen molar-refractivity contribution in [3.63, 3.8) is 0 Å². The van der Waals surface area contributed by atoms with Crippen LogP contribution in [-0.4, -0.2) is 9.97 Å². The van der Waals surface area contributed by atoms with Crippen LogP contribution in [0.15, 0.2) is 150 Å². The molecular formula is C38H24N2O. The molecule has 0 aliphatic rings. The Bertz CT molecular complexity index is 2180. The van der Waals surface area contributed by atoms with Crippen molar-refractivity contribution in [1.29, 1.82) is 0 Å². The summed E-state index contributed by atoms with van der Waals surface area (Å²) in [6, 6.07) is 50.2. The van der Waals surface area contributed by atoms with E-state index in [1.165, 1.54) is 5.56 Å². The van der Waals surface area contributed by atoms with Gasteiger partial charge in [0.15, 0.2) is 5.82 Å². The molecule has 8 rings (SSSR count). The Hall–Kier alpha value is -5.54. The van der Waals surface area contributed by atoms with Crippen molar-refractivity contribution < 1.29 is 4.42 Å². The minimum Gasteiger partial charge on any atom is -0.455 e. The van der Waals surface area contributed by atoms with E-state index in [9.17, 15) is 0 Å². The first-order chi connectivity index (χ1) is 20.3. The predicted octanol–water partition coefficient (Wildman–Crippen LogP) is 10.2. The monoisotopic (exact) mass is 524 g/mol. The number of benzene rings is 6. The van der Waals surface area contributed by atoms with E-state index in [2.05, 4.69) is 97.1 Å². The first-order valence-corrected chi connectivity index (χ1v) is 13.8. The Morgan fingerprint density at radius 3 is 1.83 bits per heavy atom. The van der Waals surface area contributed by atoms with Crippen LogP contribution in [0.3, 0.4) is 0 Å². The van der Waals surface area contributed by atoms with Crippen molar-refractivity contribution in [1.82, 2.24) is 9.97 Å². The Morgan fingerprint density at radius 2 is 1.07 bits per heavy atom. The molecule has 0 N–H and O–H groups in total. The number of nitrogens with zero attached hydrogens (tertiary/aromatic N) is 2. The maximum atomic E-state index is 6.64. The highest BCUT2D eigenvalue weighted by Crippen LogP contribution is 2.40. The molecule has 41 heavy (non-hydrogen) atoms. The summed E-state index contributed by atoms with van der Waals surface area (Å²) in [4.78, 5) is 10.0. The van der Waals surface area contributed by atoms with Crippen molar-refractivity contribution in [2.24, 2.45) is 0 Å². The number of hydrogen-bond acceptors (Lipinski definition) is 3. The van der Waals surface area contributed by atoms with E-state index in [1.54, 1.807) is 0 Å². The standard InChI is InChI=1S/C38H24N2O/c1-4-12-25(13-5-1)29-22-32(26-14-6-2-7-15-26)37-33(23-29)30-21-20-28(24-35(30)41-37)38-39-34-19-11-10-18-31(34)36(40-38)27-16-8-3-9-17-27/h1-24H. The molecule has 192 valence electrons. The number of furan rings is 1. The number of fused-ring (bicyclic) bond motifs is 4. The fourth-order valence-electron chi connectivity index (χ4n) is 5.67. The summed E-state index contributed by atoms with van der Waals surface area (Å²) in [6.07, 6.45) is 0. The first kappa shape index (κ1) is 23.4. The number of rotatable bonds is 4. The maximum Gasteiger partial charge on any atom is 0.160 e. The summed E-state index contributed by atoms with van der Waals surface area (Å²) in [7, 11) is 0. The zero-order valence-corrected chi connectivity index (χ0v) is 22.2. The smallest absolute Gasteiger partial charge is 0.160 e. The third-order valence-corrected chi connectivity index (χ3v) is 7.67. The summed E-state index contributed by atoms with van der Waals surface area (Å²) in [5.41, 5.74) is 10.1. The van der Waals surface area contributed by atoms with Gasteiger partial charge < -0.3 is 4.42 Å². The van der Waals surface area contributed by atoms with Gasteiger partial charge in [-0.25, -0.2) is 9.97 Å². The molecule has 0 saturated carbocycles. The van der Waals surface area contributed by atoms with Crippen molar-refractivity contribution in [2.75, 3.05) is 0 Å². The molecular weight excluding hydrogens is 500 g/mol. The van der Waals surface area contributed by atoms with Crippen LogP contribution in [0.5, 0.6) is 0 Å². The molecule has 0 unspecified atom stereocenters. The molecule has 6 aromatic carbocycles. The van der Waals surface area contributed by atoms with Crippen LogP contribution < -0.4 is 0 Å². The molecule has 0 aliphatic carbocycles. The van der Waals surface area contributed by atoms with Crippen LogP contribution in [0.4, 0.5) is 0 Å². The lowest BCUT2D eigenvalue weighted by Crippen LogP contribution is -1.95. The zero-order chi connectivity index (χ0) is 27.2. The van der Waals surface area contributed by atoms with E-state index in [-0.39, 0.29) is 0 Å². The molecule has 0 bridgehead atoms. The van der Waals surface area contributed by atoms with E-state index < -0.39 is 0 Å². The molecule has 2 heterocycles. The van der Waals surface area contributed by atoms with Crippen molar-refractivity contribution in [3.8, 4) is 44.9 Å².